The number of aliphatic hydroxyl groups excluding tert-OH is 1. The highest BCUT2D eigenvalue weighted by molar-refractivity contribution is 5.84. The van der Waals surface area contributed by atoms with Crippen LogP contribution in [-0.2, 0) is 11.3 Å². The largest absolute Gasteiger partial charge is 0.385 e. The third kappa shape index (κ3) is 3.27. The molecule has 1 aromatic rings. The van der Waals surface area contributed by atoms with Crippen molar-refractivity contribution in [1.82, 2.24) is 10.6 Å². The second-order valence-corrected chi connectivity index (χ2v) is 4.53. The van der Waals surface area contributed by atoms with E-state index < -0.39 is 25.0 Å². The minimum Gasteiger partial charge on any atom is -0.385 e. The number of amides is 1. The Balaban J connectivity index is 2.01. The Kier molecular flexibility index (Phi) is 4.44. The molecule has 0 aromatic heterocycles. The molecule has 1 aliphatic heterocycles. The van der Waals surface area contributed by atoms with Crippen molar-refractivity contribution in [2.45, 2.75) is 25.0 Å². The molecule has 1 amide bonds. The zero-order chi connectivity index (χ0) is 13.8. The molecule has 0 bridgehead atoms. The smallest absolute Gasteiger partial charge is 0.265 e. The van der Waals surface area contributed by atoms with E-state index in [0.717, 1.165) is 11.1 Å². The lowest BCUT2D eigenvalue weighted by Gasteiger charge is -2.25. The van der Waals surface area contributed by atoms with Crippen molar-refractivity contribution in [3.8, 4) is 0 Å². The summed E-state index contributed by atoms with van der Waals surface area (Å²) in [7, 11) is 0. The highest BCUT2D eigenvalue weighted by atomic mass is 19.3. The van der Waals surface area contributed by atoms with Gasteiger partial charge < -0.3 is 15.7 Å². The van der Waals surface area contributed by atoms with E-state index in [9.17, 15) is 13.6 Å². The van der Waals surface area contributed by atoms with Gasteiger partial charge in [0.25, 0.3) is 6.43 Å². The zero-order valence-corrected chi connectivity index (χ0v) is 10.3. The number of hydrogen-bond donors (Lipinski definition) is 3. The first-order valence-corrected chi connectivity index (χ1v) is 6.12. The molecule has 0 saturated heterocycles. The number of aliphatic hydroxyl groups is 1. The van der Waals surface area contributed by atoms with Crippen molar-refractivity contribution in [2.75, 3.05) is 13.1 Å². The quantitative estimate of drug-likeness (QED) is 0.751. The Morgan fingerprint density at radius 2 is 2.21 bits per heavy atom. The highest BCUT2D eigenvalue weighted by Crippen LogP contribution is 2.23. The van der Waals surface area contributed by atoms with Gasteiger partial charge in [0.15, 0.2) is 0 Å². The third-order valence-electron chi connectivity index (χ3n) is 3.19. The summed E-state index contributed by atoms with van der Waals surface area (Å²) in [5.41, 5.74) is 1.94. The van der Waals surface area contributed by atoms with Gasteiger partial charge in [-0.1, -0.05) is 24.3 Å². The number of benzene rings is 1. The van der Waals surface area contributed by atoms with Gasteiger partial charge in [-0.25, -0.2) is 8.78 Å². The number of carbonyl (C=O) groups is 1. The first-order valence-electron chi connectivity index (χ1n) is 6.12. The maximum Gasteiger partial charge on any atom is 0.265 e. The van der Waals surface area contributed by atoms with Crippen LogP contribution in [0.4, 0.5) is 8.78 Å². The average molecular weight is 270 g/mol. The van der Waals surface area contributed by atoms with Crippen molar-refractivity contribution >= 4 is 5.91 Å². The third-order valence-corrected chi connectivity index (χ3v) is 3.19. The molecule has 104 valence electrons. The van der Waals surface area contributed by atoms with Crippen LogP contribution in [0, 0.1) is 0 Å². The topological polar surface area (TPSA) is 61.4 Å². The zero-order valence-electron chi connectivity index (χ0n) is 10.3. The summed E-state index contributed by atoms with van der Waals surface area (Å²) in [6, 6.07) is 7.53. The second-order valence-electron chi connectivity index (χ2n) is 4.53. The Hall–Kier alpha value is -1.53. The fraction of sp³-hybridized carbons (Fsp3) is 0.462. The maximum atomic E-state index is 12.1. The lowest BCUT2D eigenvalue weighted by molar-refractivity contribution is -0.123. The number of carbonyl (C=O) groups excluding carboxylic acids is 1. The number of nitrogens with one attached hydrogen (secondary N) is 2. The Labute approximate surface area is 109 Å². The number of halogens is 2. The average Bonchev–Trinajstić information content (AvgIpc) is 2.43. The van der Waals surface area contributed by atoms with Crippen LogP contribution in [0.25, 0.3) is 0 Å². The molecular weight excluding hydrogens is 254 g/mol. The van der Waals surface area contributed by atoms with Crippen LogP contribution in [0.15, 0.2) is 24.3 Å². The van der Waals surface area contributed by atoms with Crippen LogP contribution in [0.3, 0.4) is 0 Å². The van der Waals surface area contributed by atoms with Crippen LogP contribution in [0.5, 0.6) is 0 Å². The fourth-order valence-corrected chi connectivity index (χ4v) is 2.15. The van der Waals surface area contributed by atoms with Crippen molar-refractivity contribution in [1.29, 1.82) is 0 Å². The number of rotatable bonds is 4. The summed E-state index contributed by atoms with van der Waals surface area (Å²) < 4.78 is 24.3. The minimum absolute atomic E-state index is 0.348. The van der Waals surface area contributed by atoms with Gasteiger partial charge in [0, 0.05) is 19.6 Å². The van der Waals surface area contributed by atoms with Gasteiger partial charge in [-0.05, 0) is 11.1 Å². The number of alkyl halides is 2. The minimum atomic E-state index is -2.85. The van der Waals surface area contributed by atoms with Gasteiger partial charge in [-0.2, -0.15) is 0 Å². The van der Waals surface area contributed by atoms with E-state index >= 15 is 0 Å². The SMILES string of the molecule is O=C(NCC(O)C(F)F)C1CNCc2ccccc21. The molecular formula is C13H16F2N2O2. The first kappa shape index (κ1) is 13.9. The standard InChI is InChI=1S/C13H16F2N2O2/c14-12(15)11(18)7-17-13(19)10-6-16-5-8-3-1-2-4-9(8)10/h1-4,10-12,16,18H,5-7H2,(H,17,19). The monoisotopic (exact) mass is 270 g/mol. The molecule has 0 saturated carbocycles. The van der Waals surface area contributed by atoms with E-state index in [4.69, 9.17) is 5.11 Å². The second kappa shape index (κ2) is 6.08. The molecule has 19 heavy (non-hydrogen) atoms. The van der Waals surface area contributed by atoms with Crippen molar-refractivity contribution in [2.24, 2.45) is 0 Å². The lowest BCUT2D eigenvalue weighted by atomic mass is 9.90. The predicted molar refractivity (Wildman–Crippen MR) is 65.9 cm³/mol. The van der Waals surface area contributed by atoms with Crippen LogP contribution in [0.1, 0.15) is 17.0 Å². The van der Waals surface area contributed by atoms with Gasteiger partial charge in [0.05, 0.1) is 5.92 Å². The molecule has 6 heteroatoms. The Morgan fingerprint density at radius 1 is 1.47 bits per heavy atom. The molecule has 2 rings (SSSR count). The van der Waals surface area contributed by atoms with E-state index in [0.29, 0.717) is 13.1 Å². The van der Waals surface area contributed by atoms with Crippen LogP contribution < -0.4 is 10.6 Å². The molecule has 1 aliphatic rings. The molecule has 2 atom stereocenters. The number of hydrogen-bond acceptors (Lipinski definition) is 3. The molecule has 2 unspecified atom stereocenters. The summed E-state index contributed by atoms with van der Waals surface area (Å²) in [4.78, 5) is 12.0. The summed E-state index contributed by atoms with van der Waals surface area (Å²) in [5.74, 6) is -0.755. The number of fused-ring (bicyclic) bond motifs is 1. The Morgan fingerprint density at radius 3 is 2.95 bits per heavy atom. The van der Waals surface area contributed by atoms with Crippen LogP contribution in [0.2, 0.25) is 0 Å². The molecule has 3 N–H and O–H groups in total. The van der Waals surface area contributed by atoms with E-state index in [-0.39, 0.29) is 5.91 Å². The van der Waals surface area contributed by atoms with E-state index in [2.05, 4.69) is 10.6 Å². The van der Waals surface area contributed by atoms with Gasteiger partial charge in [-0.15, -0.1) is 0 Å². The first-order chi connectivity index (χ1) is 9.09. The molecule has 0 aliphatic carbocycles. The van der Waals surface area contributed by atoms with Gasteiger partial charge in [0.2, 0.25) is 5.91 Å². The van der Waals surface area contributed by atoms with Gasteiger partial charge >= 0.3 is 0 Å². The summed E-state index contributed by atoms with van der Waals surface area (Å²) in [6.07, 6.45) is -4.67. The molecule has 1 heterocycles. The normalized spacial score (nSPS) is 19.9. The molecule has 4 nitrogen and oxygen atoms in total. The fourth-order valence-electron chi connectivity index (χ4n) is 2.15. The van der Waals surface area contributed by atoms with E-state index in [1.54, 1.807) is 0 Å². The lowest BCUT2D eigenvalue weighted by Crippen LogP contribution is -2.42. The highest BCUT2D eigenvalue weighted by Gasteiger charge is 2.27. The predicted octanol–water partition coefficient (Wildman–Crippen LogP) is 0.616. The van der Waals surface area contributed by atoms with E-state index in [1.165, 1.54) is 0 Å². The Bertz CT molecular complexity index is 454. The summed E-state index contributed by atoms with van der Waals surface area (Å²) >= 11 is 0. The van der Waals surface area contributed by atoms with Crippen LogP contribution >= 0.6 is 0 Å². The molecule has 0 radical (unpaired) electrons. The van der Waals surface area contributed by atoms with E-state index in [1.807, 2.05) is 24.3 Å². The van der Waals surface area contributed by atoms with Crippen molar-refractivity contribution in [3.63, 3.8) is 0 Å². The molecule has 1 aromatic carbocycles. The van der Waals surface area contributed by atoms with Gasteiger partial charge in [0.1, 0.15) is 6.10 Å². The van der Waals surface area contributed by atoms with Crippen LogP contribution in [-0.4, -0.2) is 36.6 Å². The maximum absolute atomic E-state index is 12.1. The summed E-state index contributed by atoms with van der Waals surface area (Å²) in [6.45, 7) is 0.725. The van der Waals surface area contributed by atoms with Gasteiger partial charge in [-0.3, -0.25) is 4.79 Å². The molecule has 0 spiro atoms. The summed E-state index contributed by atoms with van der Waals surface area (Å²) in [5, 5.41) is 14.5. The van der Waals surface area contributed by atoms with Crippen molar-refractivity contribution < 1.29 is 18.7 Å². The molecule has 0 fully saturated rings. The van der Waals surface area contributed by atoms with Crippen molar-refractivity contribution in [3.05, 3.63) is 35.4 Å².